The van der Waals surface area contributed by atoms with Crippen LogP contribution in [-0.2, 0) is 0 Å². The van der Waals surface area contributed by atoms with Crippen molar-refractivity contribution < 1.29 is 0 Å². The van der Waals surface area contributed by atoms with Gasteiger partial charge in [0.25, 0.3) is 0 Å². The third kappa shape index (κ3) is 2.73. The molecule has 0 heterocycles. The van der Waals surface area contributed by atoms with Crippen LogP contribution in [0.3, 0.4) is 0 Å². The first-order valence-corrected chi connectivity index (χ1v) is 6.75. The van der Waals surface area contributed by atoms with E-state index in [1.54, 1.807) is 0 Å². The number of anilines is 2. The molecule has 0 saturated heterocycles. The molecule has 2 nitrogen and oxygen atoms in total. The zero-order valence-electron chi connectivity index (χ0n) is 11.9. The Balaban J connectivity index is 2.43. The van der Waals surface area contributed by atoms with Gasteiger partial charge < -0.3 is 11.5 Å². The molecule has 0 amide bonds. The van der Waals surface area contributed by atoms with Crippen LogP contribution < -0.4 is 11.5 Å². The third-order valence-electron chi connectivity index (χ3n) is 3.82. The van der Waals surface area contributed by atoms with E-state index in [9.17, 15) is 0 Å². The van der Waals surface area contributed by atoms with Crippen molar-refractivity contribution in [2.24, 2.45) is 0 Å². The quantitative estimate of drug-likeness (QED) is 0.813. The van der Waals surface area contributed by atoms with Gasteiger partial charge in [-0.1, -0.05) is 31.2 Å². The molecular formula is C17H22N2. The summed E-state index contributed by atoms with van der Waals surface area (Å²) in [5.74, 6) is 0.353. The van der Waals surface area contributed by atoms with Gasteiger partial charge in [-0.3, -0.25) is 0 Å². The summed E-state index contributed by atoms with van der Waals surface area (Å²) >= 11 is 0. The molecule has 0 aromatic heterocycles. The van der Waals surface area contributed by atoms with Crippen molar-refractivity contribution in [2.45, 2.75) is 33.1 Å². The van der Waals surface area contributed by atoms with Crippen LogP contribution in [0.2, 0.25) is 0 Å². The van der Waals surface area contributed by atoms with Crippen LogP contribution in [0.5, 0.6) is 0 Å². The fourth-order valence-electron chi connectivity index (χ4n) is 2.42. The second kappa shape index (κ2) is 5.35. The summed E-state index contributed by atoms with van der Waals surface area (Å²) in [7, 11) is 0. The molecule has 0 spiro atoms. The van der Waals surface area contributed by atoms with Crippen molar-refractivity contribution in [1.82, 2.24) is 0 Å². The summed E-state index contributed by atoms with van der Waals surface area (Å²) in [5, 5.41) is 0. The maximum absolute atomic E-state index is 6.02. The van der Waals surface area contributed by atoms with Crippen LogP contribution in [0.25, 0.3) is 0 Å². The molecule has 2 aromatic carbocycles. The first-order valence-electron chi connectivity index (χ1n) is 6.75. The van der Waals surface area contributed by atoms with E-state index < -0.39 is 0 Å². The monoisotopic (exact) mass is 254 g/mol. The lowest BCUT2D eigenvalue weighted by Gasteiger charge is -2.18. The Kier molecular flexibility index (Phi) is 3.79. The Labute approximate surface area is 115 Å². The summed E-state index contributed by atoms with van der Waals surface area (Å²) in [5.41, 5.74) is 18.5. The van der Waals surface area contributed by atoms with Gasteiger partial charge in [0.15, 0.2) is 0 Å². The van der Waals surface area contributed by atoms with Crippen molar-refractivity contribution in [2.75, 3.05) is 11.5 Å². The molecule has 2 rings (SSSR count). The molecule has 4 N–H and O–H groups in total. The second-order valence-electron chi connectivity index (χ2n) is 5.19. The number of rotatable bonds is 3. The van der Waals surface area contributed by atoms with Crippen LogP contribution in [0.15, 0.2) is 36.4 Å². The van der Waals surface area contributed by atoms with Crippen LogP contribution in [0, 0.1) is 13.8 Å². The normalized spacial score (nSPS) is 10.9. The highest BCUT2D eigenvalue weighted by molar-refractivity contribution is 5.53. The molecule has 0 aliphatic heterocycles. The molecule has 2 aromatic rings. The number of nitrogen functional groups attached to an aromatic ring is 2. The predicted molar refractivity (Wildman–Crippen MR) is 83.3 cm³/mol. The van der Waals surface area contributed by atoms with Gasteiger partial charge >= 0.3 is 0 Å². The summed E-state index contributed by atoms with van der Waals surface area (Å²) in [6.07, 6.45) is 1.03. The number of hydrogen-bond donors (Lipinski definition) is 2. The third-order valence-corrected chi connectivity index (χ3v) is 3.82. The molecule has 19 heavy (non-hydrogen) atoms. The molecule has 0 saturated carbocycles. The highest BCUT2D eigenvalue weighted by Gasteiger charge is 2.13. The number of nitrogens with two attached hydrogens (primary N) is 2. The molecule has 0 radical (unpaired) electrons. The highest BCUT2D eigenvalue weighted by atomic mass is 14.6. The number of aryl methyl sites for hydroxylation is 2. The van der Waals surface area contributed by atoms with Crippen molar-refractivity contribution in [1.29, 1.82) is 0 Å². The van der Waals surface area contributed by atoms with Crippen LogP contribution in [0.4, 0.5) is 11.4 Å². The van der Waals surface area contributed by atoms with E-state index >= 15 is 0 Å². The summed E-state index contributed by atoms with van der Waals surface area (Å²) in [6, 6.07) is 12.7. The lowest BCUT2D eigenvalue weighted by molar-refractivity contribution is 0.777. The van der Waals surface area contributed by atoms with Gasteiger partial charge in [0.05, 0.1) is 0 Å². The van der Waals surface area contributed by atoms with Crippen molar-refractivity contribution in [3.05, 3.63) is 58.7 Å². The maximum Gasteiger partial charge on any atom is 0.0346 e. The van der Waals surface area contributed by atoms with Crippen LogP contribution in [-0.4, -0.2) is 0 Å². The van der Waals surface area contributed by atoms with Gasteiger partial charge in [-0.25, -0.2) is 0 Å². The SMILES string of the molecule is CCC(c1ccc(C)c(N)c1)c1ccc(C)c(N)c1. The standard InChI is InChI=1S/C17H22N2/c1-4-15(13-7-5-11(2)16(18)9-13)14-8-6-12(3)17(19)10-14/h5-10,15H,4,18-19H2,1-3H3. The minimum absolute atomic E-state index is 0.353. The van der Waals surface area contributed by atoms with Crippen molar-refractivity contribution in [3.8, 4) is 0 Å². The average Bonchev–Trinajstić information content (AvgIpc) is 2.39. The Hall–Kier alpha value is -1.96. The Morgan fingerprint density at radius 3 is 1.58 bits per heavy atom. The zero-order chi connectivity index (χ0) is 14.0. The molecule has 0 fully saturated rings. The predicted octanol–water partition coefficient (Wildman–Crippen LogP) is 4.01. The topological polar surface area (TPSA) is 52.0 Å². The molecule has 0 unspecified atom stereocenters. The van der Waals surface area contributed by atoms with E-state index in [0.717, 1.165) is 28.9 Å². The van der Waals surface area contributed by atoms with Gasteiger partial charge in [0.1, 0.15) is 0 Å². The first kappa shape index (κ1) is 13.5. The van der Waals surface area contributed by atoms with E-state index in [0.29, 0.717) is 5.92 Å². The summed E-state index contributed by atoms with van der Waals surface area (Å²) < 4.78 is 0. The minimum Gasteiger partial charge on any atom is -0.399 e. The number of hydrogen-bond acceptors (Lipinski definition) is 2. The van der Waals surface area contributed by atoms with Gasteiger partial charge in [-0.05, 0) is 54.7 Å². The van der Waals surface area contributed by atoms with Crippen molar-refractivity contribution in [3.63, 3.8) is 0 Å². The van der Waals surface area contributed by atoms with E-state index in [1.807, 2.05) is 13.8 Å². The molecule has 0 bridgehead atoms. The van der Waals surface area contributed by atoms with Crippen LogP contribution in [0.1, 0.15) is 41.5 Å². The molecule has 0 aliphatic carbocycles. The Bertz CT molecular complexity index is 536. The largest absolute Gasteiger partial charge is 0.399 e. The smallest absolute Gasteiger partial charge is 0.0346 e. The average molecular weight is 254 g/mol. The van der Waals surface area contributed by atoms with Gasteiger partial charge in [0.2, 0.25) is 0 Å². The fourth-order valence-corrected chi connectivity index (χ4v) is 2.42. The Morgan fingerprint density at radius 2 is 1.26 bits per heavy atom. The molecule has 0 atom stereocenters. The van der Waals surface area contributed by atoms with Gasteiger partial charge in [-0.15, -0.1) is 0 Å². The first-order chi connectivity index (χ1) is 9.02. The number of benzene rings is 2. The van der Waals surface area contributed by atoms with E-state index in [1.165, 1.54) is 11.1 Å². The summed E-state index contributed by atoms with van der Waals surface area (Å²) in [6.45, 7) is 6.25. The maximum atomic E-state index is 6.02. The van der Waals surface area contributed by atoms with Gasteiger partial charge in [0, 0.05) is 17.3 Å². The lowest BCUT2D eigenvalue weighted by Crippen LogP contribution is -2.03. The van der Waals surface area contributed by atoms with Gasteiger partial charge in [-0.2, -0.15) is 0 Å². The molecule has 100 valence electrons. The summed E-state index contributed by atoms with van der Waals surface area (Å²) in [4.78, 5) is 0. The minimum atomic E-state index is 0.353. The fraction of sp³-hybridized carbons (Fsp3) is 0.294. The van der Waals surface area contributed by atoms with E-state index in [-0.39, 0.29) is 0 Å². The van der Waals surface area contributed by atoms with E-state index in [4.69, 9.17) is 11.5 Å². The second-order valence-corrected chi connectivity index (χ2v) is 5.19. The highest BCUT2D eigenvalue weighted by Crippen LogP contribution is 2.31. The lowest BCUT2D eigenvalue weighted by atomic mass is 9.87. The Morgan fingerprint density at radius 1 is 0.842 bits per heavy atom. The van der Waals surface area contributed by atoms with Crippen LogP contribution >= 0.6 is 0 Å². The van der Waals surface area contributed by atoms with Crippen molar-refractivity contribution >= 4 is 11.4 Å². The molecular weight excluding hydrogens is 232 g/mol. The molecule has 2 heteroatoms. The molecule has 0 aliphatic rings. The van der Waals surface area contributed by atoms with E-state index in [2.05, 4.69) is 43.3 Å². The zero-order valence-corrected chi connectivity index (χ0v) is 11.9.